The Morgan fingerprint density at radius 1 is 1.21 bits per heavy atom. The van der Waals surface area contributed by atoms with Gasteiger partial charge in [-0.1, -0.05) is 18.2 Å². The van der Waals surface area contributed by atoms with E-state index in [1.54, 1.807) is 6.20 Å². The zero-order chi connectivity index (χ0) is 14.0. The number of rotatable bonds is 3. The van der Waals surface area contributed by atoms with Crippen LogP contribution in [0.4, 0.5) is 11.5 Å². The second-order valence-corrected chi connectivity index (χ2v) is 4.56. The van der Waals surface area contributed by atoms with Crippen molar-refractivity contribution in [3.63, 3.8) is 0 Å². The summed E-state index contributed by atoms with van der Waals surface area (Å²) < 4.78 is 0. The number of Topliss-reactive ketones (excluding diaryl/α,β-unsaturated/α-hetero) is 1. The molecule has 4 heteroatoms. The summed E-state index contributed by atoms with van der Waals surface area (Å²) in [6.07, 6.45) is 1.59. The number of hydrogen-bond donors (Lipinski definition) is 0. The smallest absolute Gasteiger partial charge is 0.165 e. The molecule has 1 aromatic carbocycles. The maximum Gasteiger partial charge on any atom is 0.165 e. The van der Waals surface area contributed by atoms with Gasteiger partial charge in [0.1, 0.15) is 11.6 Å². The number of para-hydroxylation sites is 1. The van der Waals surface area contributed by atoms with Crippen molar-refractivity contribution in [1.82, 2.24) is 9.97 Å². The first kappa shape index (κ1) is 13.2. The van der Waals surface area contributed by atoms with Gasteiger partial charge in [0.15, 0.2) is 5.78 Å². The maximum atomic E-state index is 11.7. The molecule has 1 heterocycles. The first-order valence-electron chi connectivity index (χ1n) is 6.14. The molecule has 98 valence electrons. The summed E-state index contributed by atoms with van der Waals surface area (Å²) in [4.78, 5) is 22.1. The van der Waals surface area contributed by atoms with Crippen molar-refractivity contribution in [3.05, 3.63) is 47.4 Å². The van der Waals surface area contributed by atoms with Crippen LogP contribution in [0.3, 0.4) is 0 Å². The van der Waals surface area contributed by atoms with Crippen LogP contribution in [0.1, 0.15) is 28.7 Å². The van der Waals surface area contributed by atoms with Crippen LogP contribution < -0.4 is 4.90 Å². The summed E-state index contributed by atoms with van der Waals surface area (Å²) in [6, 6.07) is 8.01. The van der Waals surface area contributed by atoms with Gasteiger partial charge < -0.3 is 4.90 Å². The predicted molar refractivity (Wildman–Crippen MR) is 76.0 cm³/mol. The van der Waals surface area contributed by atoms with Crippen LogP contribution in [0.25, 0.3) is 0 Å². The summed E-state index contributed by atoms with van der Waals surface area (Å²) in [5.74, 6) is 1.27. The molecule has 0 aliphatic heterocycles. The van der Waals surface area contributed by atoms with Gasteiger partial charge in [0.2, 0.25) is 0 Å². The van der Waals surface area contributed by atoms with Crippen LogP contribution in [-0.4, -0.2) is 22.8 Å². The fourth-order valence-corrected chi connectivity index (χ4v) is 2.02. The van der Waals surface area contributed by atoms with Crippen molar-refractivity contribution in [1.29, 1.82) is 0 Å². The lowest BCUT2D eigenvalue weighted by atomic mass is 10.1. The minimum Gasteiger partial charge on any atom is -0.329 e. The summed E-state index contributed by atoms with van der Waals surface area (Å²) in [6.45, 7) is 5.38. The van der Waals surface area contributed by atoms with E-state index in [-0.39, 0.29) is 5.78 Å². The fourth-order valence-electron chi connectivity index (χ4n) is 2.02. The third-order valence-electron chi connectivity index (χ3n) is 3.06. The normalized spacial score (nSPS) is 10.3. The molecule has 4 nitrogen and oxygen atoms in total. The number of aryl methyl sites for hydroxylation is 2. The van der Waals surface area contributed by atoms with Crippen LogP contribution in [0.15, 0.2) is 30.5 Å². The molecule has 2 rings (SSSR count). The molecule has 1 aromatic heterocycles. The summed E-state index contributed by atoms with van der Waals surface area (Å²) in [5, 5.41) is 0. The highest BCUT2D eigenvalue weighted by Gasteiger charge is 2.16. The van der Waals surface area contributed by atoms with Gasteiger partial charge in [0.05, 0.1) is 5.56 Å². The molecule has 0 aliphatic rings. The van der Waals surface area contributed by atoms with Gasteiger partial charge in [-0.3, -0.25) is 4.79 Å². The quantitative estimate of drug-likeness (QED) is 0.791. The number of carbonyl (C=O) groups excluding carboxylic acids is 1. The van der Waals surface area contributed by atoms with Crippen molar-refractivity contribution < 1.29 is 4.79 Å². The minimum atomic E-state index is -0.0320. The number of ketones is 1. The molecule has 0 spiro atoms. The van der Waals surface area contributed by atoms with E-state index in [0.717, 1.165) is 11.3 Å². The number of aromatic nitrogens is 2. The maximum absolute atomic E-state index is 11.7. The van der Waals surface area contributed by atoms with Gasteiger partial charge >= 0.3 is 0 Å². The molecule has 0 atom stereocenters. The van der Waals surface area contributed by atoms with Crippen molar-refractivity contribution >= 4 is 17.3 Å². The Balaban J connectivity index is 2.55. The standard InChI is InChI=1S/C15H17N3O/c1-10-7-5-6-8-14(10)18(4)15-13(11(2)19)9-16-12(3)17-15/h5-9H,1-4H3. The van der Waals surface area contributed by atoms with E-state index < -0.39 is 0 Å². The van der Waals surface area contributed by atoms with E-state index in [0.29, 0.717) is 17.2 Å². The highest BCUT2D eigenvalue weighted by molar-refractivity contribution is 5.99. The van der Waals surface area contributed by atoms with Crippen LogP contribution in [0, 0.1) is 13.8 Å². The Morgan fingerprint density at radius 2 is 1.89 bits per heavy atom. The Morgan fingerprint density at radius 3 is 2.53 bits per heavy atom. The molecule has 0 N–H and O–H groups in total. The van der Waals surface area contributed by atoms with Gasteiger partial charge in [-0.2, -0.15) is 0 Å². The van der Waals surface area contributed by atoms with E-state index in [2.05, 4.69) is 9.97 Å². The van der Waals surface area contributed by atoms with Crippen molar-refractivity contribution in [3.8, 4) is 0 Å². The van der Waals surface area contributed by atoms with Crippen molar-refractivity contribution in [2.45, 2.75) is 20.8 Å². The predicted octanol–water partition coefficient (Wildman–Crippen LogP) is 3.06. The molecule has 0 fully saturated rings. The van der Waals surface area contributed by atoms with Crippen molar-refractivity contribution in [2.75, 3.05) is 11.9 Å². The largest absolute Gasteiger partial charge is 0.329 e. The first-order chi connectivity index (χ1) is 9.00. The molecule has 0 saturated heterocycles. The highest BCUT2D eigenvalue weighted by Crippen LogP contribution is 2.27. The molecule has 0 saturated carbocycles. The number of hydrogen-bond acceptors (Lipinski definition) is 4. The Kier molecular flexibility index (Phi) is 3.60. The average Bonchev–Trinajstić information content (AvgIpc) is 2.38. The van der Waals surface area contributed by atoms with E-state index in [1.165, 1.54) is 6.92 Å². The lowest BCUT2D eigenvalue weighted by Crippen LogP contribution is -2.17. The monoisotopic (exact) mass is 255 g/mol. The lowest BCUT2D eigenvalue weighted by Gasteiger charge is -2.22. The molecule has 0 amide bonds. The molecular weight excluding hydrogens is 238 g/mol. The molecule has 0 bridgehead atoms. The van der Waals surface area contributed by atoms with E-state index in [4.69, 9.17) is 0 Å². The SMILES string of the molecule is CC(=O)c1cnc(C)nc1N(C)c1ccccc1C. The summed E-state index contributed by atoms with van der Waals surface area (Å²) in [5.41, 5.74) is 2.70. The van der Waals surface area contributed by atoms with E-state index in [1.807, 2.05) is 50.1 Å². The molecule has 19 heavy (non-hydrogen) atoms. The number of benzene rings is 1. The molecule has 2 aromatic rings. The second kappa shape index (κ2) is 5.18. The van der Waals surface area contributed by atoms with Crippen LogP contribution >= 0.6 is 0 Å². The van der Waals surface area contributed by atoms with E-state index in [9.17, 15) is 4.79 Å². The first-order valence-corrected chi connectivity index (χ1v) is 6.14. The summed E-state index contributed by atoms with van der Waals surface area (Å²) >= 11 is 0. The van der Waals surface area contributed by atoms with Crippen LogP contribution in [-0.2, 0) is 0 Å². The van der Waals surface area contributed by atoms with Gasteiger partial charge in [-0.15, -0.1) is 0 Å². The lowest BCUT2D eigenvalue weighted by molar-refractivity contribution is 0.101. The van der Waals surface area contributed by atoms with Gasteiger partial charge in [-0.25, -0.2) is 9.97 Å². The minimum absolute atomic E-state index is 0.0320. The van der Waals surface area contributed by atoms with E-state index >= 15 is 0 Å². The fraction of sp³-hybridized carbons (Fsp3) is 0.267. The molecule has 0 aliphatic carbocycles. The number of nitrogens with zero attached hydrogens (tertiary/aromatic N) is 3. The number of carbonyl (C=O) groups is 1. The summed E-state index contributed by atoms with van der Waals surface area (Å²) in [7, 11) is 1.91. The zero-order valence-corrected chi connectivity index (χ0v) is 11.6. The molecular formula is C15H17N3O. The Labute approximate surface area is 113 Å². The topological polar surface area (TPSA) is 46.1 Å². The third kappa shape index (κ3) is 2.62. The van der Waals surface area contributed by atoms with Gasteiger partial charge in [0.25, 0.3) is 0 Å². The molecule has 0 unspecified atom stereocenters. The Bertz CT molecular complexity index is 623. The van der Waals surface area contributed by atoms with Gasteiger partial charge in [-0.05, 0) is 32.4 Å². The zero-order valence-electron chi connectivity index (χ0n) is 11.6. The molecule has 0 radical (unpaired) electrons. The second-order valence-electron chi connectivity index (χ2n) is 4.56. The van der Waals surface area contributed by atoms with Crippen LogP contribution in [0.2, 0.25) is 0 Å². The number of anilines is 2. The van der Waals surface area contributed by atoms with Gasteiger partial charge in [0, 0.05) is 18.9 Å². The highest BCUT2D eigenvalue weighted by atomic mass is 16.1. The Hall–Kier alpha value is -2.23. The van der Waals surface area contributed by atoms with Crippen LogP contribution in [0.5, 0.6) is 0 Å². The average molecular weight is 255 g/mol. The third-order valence-corrected chi connectivity index (χ3v) is 3.06. The van der Waals surface area contributed by atoms with Crippen molar-refractivity contribution in [2.24, 2.45) is 0 Å².